The molecule has 4 rings (SSSR count). The lowest BCUT2D eigenvalue weighted by Gasteiger charge is -2.14. The number of halogens is 3. The molecule has 1 N–H and O–H groups in total. The molecule has 32 heavy (non-hydrogen) atoms. The van der Waals surface area contributed by atoms with Crippen LogP contribution in [0, 0.1) is 6.92 Å². The minimum absolute atomic E-state index is 0.137. The molecule has 0 saturated carbocycles. The smallest absolute Gasteiger partial charge is 0.416 e. The SMILES string of the molecule is COc1ccc(-c2cn3ccc(C)cc3n2)cc1NS(=O)(=O)c1ccc(C(F)(F)F)cc1. The average molecular weight is 461 g/mol. The van der Waals surface area contributed by atoms with Crippen LogP contribution in [0.3, 0.4) is 0 Å². The van der Waals surface area contributed by atoms with E-state index < -0.39 is 21.8 Å². The number of sulfonamides is 1. The number of benzene rings is 2. The predicted octanol–water partition coefficient (Wildman–Crippen LogP) is 5.14. The summed E-state index contributed by atoms with van der Waals surface area (Å²) in [5.41, 5.74) is 2.25. The molecule has 0 fully saturated rings. The van der Waals surface area contributed by atoms with Crippen molar-refractivity contribution in [2.75, 3.05) is 11.8 Å². The second kappa shape index (κ2) is 7.86. The first-order valence-corrected chi connectivity index (χ1v) is 10.9. The number of aromatic nitrogens is 2. The molecule has 0 bridgehead atoms. The molecule has 2 heterocycles. The minimum Gasteiger partial charge on any atom is -0.495 e. The number of nitrogens with one attached hydrogen (secondary N) is 1. The molecule has 0 radical (unpaired) electrons. The summed E-state index contributed by atoms with van der Waals surface area (Å²) in [4.78, 5) is 4.26. The van der Waals surface area contributed by atoms with Crippen LogP contribution >= 0.6 is 0 Å². The van der Waals surface area contributed by atoms with Crippen LogP contribution in [0.2, 0.25) is 0 Å². The summed E-state index contributed by atoms with van der Waals surface area (Å²) >= 11 is 0. The molecule has 10 heteroatoms. The molecule has 166 valence electrons. The van der Waals surface area contributed by atoms with Gasteiger partial charge in [-0.2, -0.15) is 13.2 Å². The zero-order valence-electron chi connectivity index (χ0n) is 17.0. The summed E-state index contributed by atoms with van der Waals surface area (Å²) < 4.78 is 73.4. The molecule has 4 aromatic rings. The van der Waals surface area contributed by atoms with E-state index in [1.807, 2.05) is 35.9 Å². The number of fused-ring (bicyclic) bond motifs is 1. The number of alkyl halides is 3. The lowest BCUT2D eigenvalue weighted by Crippen LogP contribution is -2.14. The fourth-order valence-corrected chi connectivity index (χ4v) is 4.26. The van der Waals surface area contributed by atoms with Crippen molar-refractivity contribution in [2.24, 2.45) is 0 Å². The van der Waals surface area contributed by atoms with Gasteiger partial charge < -0.3 is 9.14 Å². The van der Waals surface area contributed by atoms with E-state index in [1.165, 1.54) is 7.11 Å². The van der Waals surface area contributed by atoms with E-state index in [-0.39, 0.29) is 16.3 Å². The van der Waals surface area contributed by atoms with E-state index in [2.05, 4.69) is 9.71 Å². The van der Waals surface area contributed by atoms with Crippen molar-refractivity contribution in [3.05, 3.63) is 78.1 Å². The number of ether oxygens (including phenoxy) is 1. The molecule has 2 aromatic heterocycles. The van der Waals surface area contributed by atoms with Crippen LogP contribution in [0.15, 0.2) is 71.9 Å². The molecule has 0 atom stereocenters. The Morgan fingerprint density at radius 3 is 2.41 bits per heavy atom. The van der Waals surface area contributed by atoms with Gasteiger partial charge in [0.1, 0.15) is 11.4 Å². The van der Waals surface area contributed by atoms with Crippen molar-refractivity contribution in [2.45, 2.75) is 18.0 Å². The van der Waals surface area contributed by atoms with Gasteiger partial charge in [-0.05, 0) is 67.1 Å². The molecule has 0 aliphatic carbocycles. The van der Waals surface area contributed by atoms with Crippen LogP contribution in [0.25, 0.3) is 16.9 Å². The van der Waals surface area contributed by atoms with Gasteiger partial charge in [0.2, 0.25) is 0 Å². The Hall–Kier alpha value is -3.53. The van der Waals surface area contributed by atoms with E-state index in [9.17, 15) is 21.6 Å². The molecule has 0 unspecified atom stereocenters. The zero-order valence-corrected chi connectivity index (χ0v) is 17.8. The van der Waals surface area contributed by atoms with Gasteiger partial charge in [0.25, 0.3) is 10.0 Å². The Labute approximate surface area is 182 Å². The third kappa shape index (κ3) is 4.26. The molecule has 6 nitrogen and oxygen atoms in total. The first-order valence-electron chi connectivity index (χ1n) is 9.41. The molecular formula is C22H18F3N3O3S. The number of anilines is 1. The maximum atomic E-state index is 12.8. The van der Waals surface area contributed by atoms with E-state index in [1.54, 1.807) is 18.2 Å². The fraction of sp³-hybridized carbons (Fsp3) is 0.136. The lowest BCUT2D eigenvalue weighted by atomic mass is 10.1. The summed E-state index contributed by atoms with van der Waals surface area (Å²) in [6.45, 7) is 1.95. The fourth-order valence-electron chi connectivity index (χ4n) is 3.20. The summed E-state index contributed by atoms with van der Waals surface area (Å²) in [6, 6.07) is 12.0. The Morgan fingerprint density at radius 2 is 1.75 bits per heavy atom. The standard InChI is InChI=1S/C22H18F3N3O3S/c1-14-9-10-28-13-19(26-21(28)11-14)15-3-8-20(31-2)18(12-15)27-32(29,30)17-6-4-16(5-7-17)22(23,24)25/h3-13,27H,1-2H3. The average Bonchev–Trinajstić information content (AvgIpc) is 3.16. The number of imidazole rings is 1. The van der Waals surface area contributed by atoms with Gasteiger partial charge in [0.15, 0.2) is 0 Å². The van der Waals surface area contributed by atoms with Gasteiger partial charge in [-0.3, -0.25) is 4.72 Å². The Bertz CT molecular complexity index is 1400. The first-order chi connectivity index (χ1) is 15.1. The van der Waals surface area contributed by atoms with Gasteiger partial charge in [-0.25, -0.2) is 13.4 Å². The summed E-state index contributed by atoms with van der Waals surface area (Å²) in [6.07, 6.45) is -0.871. The van der Waals surface area contributed by atoms with Crippen molar-refractivity contribution in [1.29, 1.82) is 0 Å². The molecule has 0 spiro atoms. The molecular weight excluding hydrogens is 443 g/mol. The Balaban J connectivity index is 1.69. The van der Waals surface area contributed by atoms with E-state index >= 15 is 0 Å². The van der Waals surface area contributed by atoms with Gasteiger partial charge in [-0.15, -0.1) is 0 Å². The van der Waals surface area contributed by atoms with E-state index in [0.29, 0.717) is 11.3 Å². The molecule has 0 amide bonds. The molecule has 0 saturated heterocycles. The number of nitrogens with zero attached hydrogens (tertiary/aromatic N) is 2. The predicted molar refractivity (Wildman–Crippen MR) is 114 cm³/mol. The quantitative estimate of drug-likeness (QED) is 0.447. The van der Waals surface area contributed by atoms with Crippen LogP contribution < -0.4 is 9.46 Å². The first kappa shape index (κ1) is 21.7. The topological polar surface area (TPSA) is 72.7 Å². The summed E-state index contributed by atoms with van der Waals surface area (Å²) in [5.74, 6) is 0.254. The largest absolute Gasteiger partial charge is 0.495 e. The third-order valence-corrected chi connectivity index (χ3v) is 6.23. The van der Waals surface area contributed by atoms with Gasteiger partial charge >= 0.3 is 6.18 Å². The second-order valence-electron chi connectivity index (χ2n) is 7.14. The van der Waals surface area contributed by atoms with Crippen LogP contribution in [-0.2, 0) is 16.2 Å². The monoisotopic (exact) mass is 461 g/mol. The van der Waals surface area contributed by atoms with Crippen molar-refractivity contribution < 1.29 is 26.3 Å². The Morgan fingerprint density at radius 1 is 1.03 bits per heavy atom. The van der Waals surface area contributed by atoms with Crippen LogP contribution in [0.5, 0.6) is 5.75 Å². The van der Waals surface area contributed by atoms with Gasteiger partial charge in [0.05, 0.1) is 29.0 Å². The van der Waals surface area contributed by atoms with Gasteiger partial charge in [0, 0.05) is 18.0 Å². The zero-order chi connectivity index (χ0) is 23.1. The highest BCUT2D eigenvalue weighted by atomic mass is 32.2. The van der Waals surface area contributed by atoms with Crippen molar-refractivity contribution in [3.8, 4) is 17.0 Å². The van der Waals surface area contributed by atoms with E-state index in [0.717, 1.165) is 35.5 Å². The number of hydrogen-bond acceptors (Lipinski definition) is 4. The van der Waals surface area contributed by atoms with Crippen molar-refractivity contribution >= 4 is 21.4 Å². The second-order valence-corrected chi connectivity index (χ2v) is 8.82. The highest BCUT2D eigenvalue weighted by Crippen LogP contribution is 2.33. The van der Waals surface area contributed by atoms with Gasteiger partial charge in [-0.1, -0.05) is 0 Å². The third-order valence-electron chi connectivity index (χ3n) is 4.85. The van der Waals surface area contributed by atoms with E-state index in [4.69, 9.17) is 4.74 Å². The maximum absolute atomic E-state index is 12.8. The molecule has 0 aliphatic rings. The van der Waals surface area contributed by atoms with Crippen LogP contribution in [0.4, 0.5) is 18.9 Å². The normalized spacial score (nSPS) is 12.2. The van der Waals surface area contributed by atoms with Crippen LogP contribution in [-0.4, -0.2) is 24.9 Å². The molecule has 2 aromatic carbocycles. The maximum Gasteiger partial charge on any atom is 0.416 e. The number of pyridine rings is 1. The minimum atomic E-state index is -4.56. The number of methoxy groups -OCH3 is 1. The van der Waals surface area contributed by atoms with Crippen molar-refractivity contribution in [1.82, 2.24) is 9.38 Å². The highest BCUT2D eigenvalue weighted by Gasteiger charge is 2.30. The molecule has 0 aliphatic heterocycles. The summed E-state index contributed by atoms with van der Waals surface area (Å²) in [5, 5.41) is 0. The lowest BCUT2D eigenvalue weighted by molar-refractivity contribution is -0.137. The number of rotatable bonds is 5. The summed E-state index contributed by atoms with van der Waals surface area (Å²) in [7, 11) is -2.77. The van der Waals surface area contributed by atoms with Crippen LogP contribution in [0.1, 0.15) is 11.1 Å². The number of aryl methyl sites for hydroxylation is 1. The van der Waals surface area contributed by atoms with Crippen molar-refractivity contribution in [3.63, 3.8) is 0 Å². The highest BCUT2D eigenvalue weighted by molar-refractivity contribution is 7.92. The Kier molecular flexibility index (Phi) is 5.33. The number of hydrogen-bond donors (Lipinski definition) is 1.